The summed E-state index contributed by atoms with van der Waals surface area (Å²) >= 11 is 5.72. The molecule has 0 N–H and O–H groups in total. The number of esters is 1. The van der Waals surface area contributed by atoms with E-state index in [2.05, 4.69) is 0 Å². The van der Waals surface area contributed by atoms with Gasteiger partial charge in [0.25, 0.3) is 0 Å². The zero-order valence-corrected chi connectivity index (χ0v) is 10.1. The average molecular weight is 261 g/mol. The predicted octanol–water partition coefficient (Wildman–Crippen LogP) is 3.37. The summed E-state index contributed by atoms with van der Waals surface area (Å²) in [7, 11) is 0. The summed E-state index contributed by atoms with van der Waals surface area (Å²) in [5, 5.41) is 0.557. The Morgan fingerprint density at radius 1 is 1.00 bits per heavy atom. The summed E-state index contributed by atoms with van der Waals surface area (Å²) in [5.41, 5.74) is 0.945. The third-order valence-corrected chi connectivity index (χ3v) is 2.56. The fraction of sp³-hybridized carbons (Fsp3) is 0. The first-order valence-corrected chi connectivity index (χ1v) is 5.60. The molecule has 4 heteroatoms. The fourth-order valence-electron chi connectivity index (χ4n) is 1.37. The van der Waals surface area contributed by atoms with Crippen LogP contribution in [0.25, 0.3) is 0 Å². The Morgan fingerprint density at radius 2 is 1.61 bits per heavy atom. The minimum atomic E-state index is -0.467. The van der Waals surface area contributed by atoms with Gasteiger partial charge < -0.3 is 4.74 Å². The first kappa shape index (κ1) is 12.3. The molecule has 0 bridgehead atoms. The average Bonchev–Trinajstić information content (AvgIpc) is 2.40. The van der Waals surface area contributed by atoms with Crippen LogP contribution < -0.4 is 4.74 Å². The van der Waals surface area contributed by atoms with Gasteiger partial charge in [0.2, 0.25) is 0 Å². The highest BCUT2D eigenvalue weighted by atomic mass is 35.5. The molecular formula is C14H9ClO3. The fourth-order valence-corrected chi connectivity index (χ4v) is 1.49. The van der Waals surface area contributed by atoms with Gasteiger partial charge in [0.15, 0.2) is 0 Å². The van der Waals surface area contributed by atoms with E-state index in [1.165, 1.54) is 0 Å². The zero-order valence-electron chi connectivity index (χ0n) is 9.30. The molecule has 0 fully saturated rings. The molecule has 0 saturated carbocycles. The van der Waals surface area contributed by atoms with Crippen LogP contribution in [0.5, 0.6) is 5.75 Å². The molecule has 0 radical (unpaired) electrons. The van der Waals surface area contributed by atoms with Gasteiger partial charge >= 0.3 is 5.97 Å². The lowest BCUT2D eigenvalue weighted by atomic mass is 10.2. The molecule has 0 atom stereocenters. The number of carbonyl (C=O) groups is 2. The van der Waals surface area contributed by atoms with Gasteiger partial charge in [-0.15, -0.1) is 0 Å². The summed E-state index contributed by atoms with van der Waals surface area (Å²) in [6.45, 7) is 0. The van der Waals surface area contributed by atoms with Crippen molar-refractivity contribution in [2.75, 3.05) is 0 Å². The second-order valence-corrected chi connectivity index (χ2v) is 4.02. The van der Waals surface area contributed by atoms with E-state index in [9.17, 15) is 9.59 Å². The zero-order chi connectivity index (χ0) is 13.0. The number of hydrogen-bond donors (Lipinski definition) is 0. The van der Waals surface area contributed by atoms with Crippen molar-refractivity contribution in [3.05, 3.63) is 64.7 Å². The van der Waals surface area contributed by atoms with Crippen molar-refractivity contribution >= 4 is 23.9 Å². The van der Waals surface area contributed by atoms with Gasteiger partial charge in [-0.05, 0) is 48.5 Å². The summed E-state index contributed by atoms with van der Waals surface area (Å²) in [6, 6.07) is 12.7. The van der Waals surface area contributed by atoms with Gasteiger partial charge in [0.1, 0.15) is 12.0 Å². The van der Waals surface area contributed by atoms with E-state index >= 15 is 0 Å². The van der Waals surface area contributed by atoms with Gasteiger partial charge in [0.05, 0.1) is 5.56 Å². The van der Waals surface area contributed by atoms with Gasteiger partial charge in [-0.2, -0.15) is 0 Å². The number of benzene rings is 2. The number of carbonyl (C=O) groups excluding carboxylic acids is 2. The topological polar surface area (TPSA) is 43.4 Å². The van der Waals surface area contributed by atoms with E-state index in [1.54, 1.807) is 48.5 Å². The maximum absolute atomic E-state index is 11.7. The van der Waals surface area contributed by atoms with Crippen LogP contribution in [0.3, 0.4) is 0 Å². The Bertz CT molecular complexity index is 559. The maximum atomic E-state index is 11.7. The first-order chi connectivity index (χ1) is 8.69. The highest BCUT2D eigenvalue weighted by Gasteiger charge is 2.08. The third kappa shape index (κ3) is 2.96. The van der Waals surface area contributed by atoms with Crippen molar-refractivity contribution in [2.24, 2.45) is 0 Å². The van der Waals surface area contributed by atoms with Crippen molar-refractivity contribution in [1.29, 1.82) is 0 Å². The number of rotatable bonds is 3. The largest absolute Gasteiger partial charge is 0.423 e. The molecule has 0 aliphatic carbocycles. The molecule has 18 heavy (non-hydrogen) atoms. The molecule has 2 aromatic rings. The van der Waals surface area contributed by atoms with E-state index in [4.69, 9.17) is 16.3 Å². The highest BCUT2D eigenvalue weighted by molar-refractivity contribution is 6.30. The molecule has 90 valence electrons. The molecule has 0 aromatic heterocycles. The summed E-state index contributed by atoms with van der Waals surface area (Å²) in [6.07, 6.45) is 0.727. The van der Waals surface area contributed by atoms with Crippen molar-refractivity contribution in [3.8, 4) is 5.75 Å². The summed E-state index contributed by atoms with van der Waals surface area (Å²) in [5.74, 6) is -0.0777. The third-order valence-electron chi connectivity index (χ3n) is 2.31. The van der Waals surface area contributed by atoms with Crippen molar-refractivity contribution in [2.45, 2.75) is 0 Å². The number of hydrogen-bond acceptors (Lipinski definition) is 3. The number of ether oxygens (including phenoxy) is 1. The van der Waals surface area contributed by atoms with Crippen LogP contribution >= 0.6 is 11.6 Å². The molecule has 0 aliphatic rings. The van der Waals surface area contributed by atoms with E-state index in [0.29, 0.717) is 21.9 Å². The lowest BCUT2D eigenvalue weighted by Crippen LogP contribution is -2.08. The van der Waals surface area contributed by atoms with Crippen molar-refractivity contribution in [1.82, 2.24) is 0 Å². The molecule has 2 rings (SSSR count). The van der Waals surface area contributed by atoms with Gasteiger partial charge in [-0.3, -0.25) is 4.79 Å². The van der Waals surface area contributed by atoms with Crippen LogP contribution in [0.4, 0.5) is 0 Å². The number of aldehydes is 1. The van der Waals surface area contributed by atoms with Crippen molar-refractivity contribution in [3.63, 3.8) is 0 Å². The lowest BCUT2D eigenvalue weighted by Gasteiger charge is -2.04. The Morgan fingerprint density at radius 3 is 2.17 bits per heavy atom. The highest BCUT2D eigenvalue weighted by Crippen LogP contribution is 2.15. The minimum absolute atomic E-state index is 0.389. The second-order valence-electron chi connectivity index (χ2n) is 3.58. The molecule has 0 aliphatic heterocycles. The Balaban J connectivity index is 2.10. The second kappa shape index (κ2) is 5.47. The lowest BCUT2D eigenvalue weighted by molar-refractivity contribution is 0.0734. The van der Waals surface area contributed by atoms with Crippen LogP contribution in [-0.2, 0) is 0 Å². The molecule has 0 unspecified atom stereocenters. The molecule has 0 saturated heterocycles. The van der Waals surface area contributed by atoms with E-state index in [-0.39, 0.29) is 0 Å². The Labute approximate surface area is 109 Å². The molecule has 0 heterocycles. The van der Waals surface area contributed by atoms with Crippen LogP contribution in [0.15, 0.2) is 48.5 Å². The Kier molecular flexibility index (Phi) is 3.75. The SMILES string of the molecule is O=Cc1ccc(OC(=O)c2ccc(Cl)cc2)cc1. The minimum Gasteiger partial charge on any atom is -0.423 e. The predicted molar refractivity (Wildman–Crippen MR) is 68.2 cm³/mol. The van der Waals surface area contributed by atoms with Crippen molar-refractivity contribution < 1.29 is 14.3 Å². The normalized spacial score (nSPS) is 9.83. The Hall–Kier alpha value is -2.13. The van der Waals surface area contributed by atoms with Crippen LogP contribution in [0.1, 0.15) is 20.7 Å². The van der Waals surface area contributed by atoms with Gasteiger partial charge in [0, 0.05) is 10.6 Å². The first-order valence-electron chi connectivity index (χ1n) is 5.22. The smallest absolute Gasteiger partial charge is 0.343 e. The summed E-state index contributed by atoms with van der Waals surface area (Å²) < 4.78 is 5.14. The molecule has 0 amide bonds. The van der Waals surface area contributed by atoms with E-state index in [0.717, 1.165) is 6.29 Å². The van der Waals surface area contributed by atoms with Crippen LogP contribution in [-0.4, -0.2) is 12.3 Å². The van der Waals surface area contributed by atoms with Crippen LogP contribution in [0.2, 0.25) is 5.02 Å². The van der Waals surface area contributed by atoms with E-state index < -0.39 is 5.97 Å². The molecule has 2 aromatic carbocycles. The molecule has 3 nitrogen and oxygen atoms in total. The molecular weight excluding hydrogens is 252 g/mol. The molecule has 0 spiro atoms. The summed E-state index contributed by atoms with van der Waals surface area (Å²) in [4.78, 5) is 22.2. The maximum Gasteiger partial charge on any atom is 0.343 e. The van der Waals surface area contributed by atoms with Gasteiger partial charge in [-0.1, -0.05) is 11.6 Å². The quantitative estimate of drug-likeness (QED) is 0.483. The standard InChI is InChI=1S/C14H9ClO3/c15-12-5-3-11(4-6-12)14(17)18-13-7-1-10(9-16)2-8-13/h1-9H. The van der Waals surface area contributed by atoms with Crippen LogP contribution in [0, 0.1) is 0 Å². The monoisotopic (exact) mass is 260 g/mol. The van der Waals surface area contributed by atoms with Gasteiger partial charge in [-0.25, -0.2) is 4.79 Å². The van der Waals surface area contributed by atoms with E-state index in [1.807, 2.05) is 0 Å². The number of halogens is 1.